The van der Waals surface area contributed by atoms with Gasteiger partial charge < -0.3 is 10.2 Å². The summed E-state index contributed by atoms with van der Waals surface area (Å²) in [6.07, 6.45) is -0.122. The number of rotatable bonds is 3. The maximum Gasteiger partial charge on any atom is 0.332 e. The average molecular weight is 146 g/mol. The largest absolute Gasteiger partial charge is 0.479 e. The van der Waals surface area contributed by atoms with Crippen LogP contribution in [-0.2, 0) is 4.79 Å². The first-order chi connectivity index (χ1) is 4.68. The van der Waals surface area contributed by atoms with Gasteiger partial charge in [-0.15, -0.1) is 13.2 Å². The number of carbonyl (C=O) groups is 1. The third-order valence-corrected chi connectivity index (χ3v) is 0.847. The molecule has 2 N–H and O–H groups in total. The quantitative estimate of drug-likeness (QED) is 0.585. The molecule has 0 aromatic carbocycles. The zero-order valence-corrected chi connectivity index (χ0v) is 6.21. The SMILES string of the molecule is C=C.CCCC(O)C(=O)O. The van der Waals surface area contributed by atoms with Gasteiger partial charge in [0.2, 0.25) is 0 Å². The van der Waals surface area contributed by atoms with Crippen LogP contribution in [0.25, 0.3) is 0 Å². The van der Waals surface area contributed by atoms with E-state index >= 15 is 0 Å². The molecule has 0 amide bonds. The summed E-state index contributed by atoms with van der Waals surface area (Å²) in [5, 5.41) is 16.6. The van der Waals surface area contributed by atoms with Gasteiger partial charge in [-0.1, -0.05) is 13.3 Å². The number of aliphatic hydroxyl groups is 1. The fraction of sp³-hybridized carbons (Fsp3) is 0.571. The van der Waals surface area contributed by atoms with Gasteiger partial charge in [0.05, 0.1) is 0 Å². The Morgan fingerprint density at radius 3 is 2.10 bits per heavy atom. The third kappa shape index (κ3) is 7.17. The van der Waals surface area contributed by atoms with Crippen molar-refractivity contribution in [3.8, 4) is 0 Å². The zero-order chi connectivity index (χ0) is 8.57. The van der Waals surface area contributed by atoms with E-state index in [4.69, 9.17) is 10.2 Å². The Hall–Kier alpha value is -0.830. The number of hydrogen-bond donors (Lipinski definition) is 2. The second-order valence-electron chi connectivity index (χ2n) is 1.64. The molecule has 0 heterocycles. The predicted octanol–water partition coefficient (Wildman–Crippen LogP) is 1.03. The van der Waals surface area contributed by atoms with Crippen LogP contribution in [0, 0.1) is 0 Å². The molecule has 0 saturated carbocycles. The molecule has 0 radical (unpaired) electrons. The minimum atomic E-state index is -1.17. The molecule has 1 unspecified atom stereocenters. The van der Waals surface area contributed by atoms with E-state index in [2.05, 4.69) is 13.2 Å². The lowest BCUT2D eigenvalue weighted by molar-refractivity contribution is -0.146. The van der Waals surface area contributed by atoms with Crippen LogP contribution in [0.3, 0.4) is 0 Å². The molecule has 0 bridgehead atoms. The van der Waals surface area contributed by atoms with E-state index < -0.39 is 12.1 Å². The molecule has 0 fully saturated rings. The Bertz CT molecular complexity index is 90.9. The van der Waals surface area contributed by atoms with Gasteiger partial charge in [0.1, 0.15) is 0 Å². The summed E-state index contributed by atoms with van der Waals surface area (Å²) in [5.41, 5.74) is 0. The minimum Gasteiger partial charge on any atom is -0.479 e. The highest BCUT2D eigenvalue weighted by atomic mass is 16.4. The first-order valence-electron chi connectivity index (χ1n) is 3.09. The summed E-state index contributed by atoms with van der Waals surface area (Å²) < 4.78 is 0. The molecule has 0 aromatic heterocycles. The first-order valence-corrected chi connectivity index (χ1v) is 3.09. The molecule has 0 rings (SSSR count). The average Bonchev–Trinajstić information content (AvgIpc) is 1.93. The van der Waals surface area contributed by atoms with Crippen LogP contribution >= 0.6 is 0 Å². The molecular formula is C7H14O3. The van der Waals surface area contributed by atoms with Gasteiger partial charge in [0, 0.05) is 0 Å². The molecule has 0 aliphatic carbocycles. The number of carboxylic acids is 1. The van der Waals surface area contributed by atoms with E-state index in [1.807, 2.05) is 6.92 Å². The number of aliphatic hydroxyl groups excluding tert-OH is 1. The van der Waals surface area contributed by atoms with Crippen molar-refractivity contribution in [2.45, 2.75) is 25.9 Å². The second kappa shape index (κ2) is 8.17. The van der Waals surface area contributed by atoms with Gasteiger partial charge in [0.15, 0.2) is 6.10 Å². The normalized spacial score (nSPS) is 11.0. The van der Waals surface area contributed by atoms with Gasteiger partial charge >= 0.3 is 5.97 Å². The number of hydrogen-bond acceptors (Lipinski definition) is 2. The first kappa shape index (κ1) is 11.9. The maximum absolute atomic E-state index is 9.84. The van der Waals surface area contributed by atoms with E-state index in [-0.39, 0.29) is 0 Å². The molecular weight excluding hydrogens is 132 g/mol. The van der Waals surface area contributed by atoms with Crippen LogP contribution in [0.4, 0.5) is 0 Å². The van der Waals surface area contributed by atoms with Crippen molar-refractivity contribution < 1.29 is 15.0 Å². The van der Waals surface area contributed by atoms with Crippen LogP contribution in [0.5, 0.6) is 0 Å². The van der Waals surface area contributed by atoms with Gasteiger partial charge in [-0.3, -0.25) is 0 Å². The zero-order valence-electron chi connectivity index (χ0n) is 6.21. The highest BCUT2D eigenvalue weighted by molar-refractivity contribution is 5.71. The van der Waals surface area contributed by atoms with E-state index in [0.29, 0.717) is 12.8 Å². The summed E-state index contributed by atoms with van der Waals surface area (Å²) >= 11 is 0. The molecule has 1 atom stereocenters. The molecule has 0 saturated heterocycles. The Labute approximate surface area is 61.0 Å². The maximum atomic E-state index is 9.84. The topological polar surface area (TPSA) is 57.5 Å². The van der Waals surface area contributed by atoms with E-state index in [1.54, 1.807) is 0 Å². The van der Waals surface area contributed by atoms with Crippen LogP contribution in [0.15, 0.2) is 13.2 Å². The van der Waals surface area contributed by atoms with Gasteiger partial charge in [0.25, 0.3) is 0 Å². The molecule has 0 aromatic rings. The summed E-state index contributed by atoms with van der Waals surface area (Å²) in [6.45, 7) is 7.83. The molecule has 0 aliphatic heterocycles. The Kier molecular flexibility index (Phi) is 9.73. The fourth-order valence-electron chi connectivity index (χ4n) is 0.397. The third-order valence-electron chi connectivity index (χ3n) is 0.847. The predicted molar refractivity (Wildman–Crippen MR) is 39.8 cm³/mol. The van der Waals surface area contributed by atoms with Crippen LogP contribution in [-0.4, -0.2) is 22.3 Å². The van der Waals surface area contributed by atoms with Crippen molar-refractivity contribution >= 4 is 5.97 Å². The molecule has 60 valence electrons. The highest BCUT2D eigenvalue weighted by Gasteiger charge is 2.09. The van der Waals surface area contributed by atoms with Crippen molar-refractivity contribution in [3.05, 3.63) is 13.2 Å². The monoisotopic (exact) mass is 146 g/mol. The van der Waals surface area contributed by atoms with E-state index in [0.717, 1.165) is 0 Å². The van der Waals surface area contributed by atoms with E-state index in [9.17, 15) is 4.79 Å². The van der Waals surface area contributed by atoms with Crippen LogP contribution in [0.1, 0.15) is 19.8 Å². The molecule has 0 spiro atoms. The second-order valence-corrected chi connectivity index (χ2v) is 1.64. The van der Waals surface area contributed by atoms with Gasteiger partial charge in [-0.25, -0.2) is 4.79 Å². The van der Waals surface area contributed by atoms with E-state index in [1.165, 1.54) is 0 Å². The summed E-state index contributed by atoms with van der Waals surface area (Å²) in [7, 11) is 0. The number of carboxylic acid groups (broad SMARTS) is 1. The van der Waals surface area contributed by atoms with Gasteiger partial charge in [-0.2, -0.15) is 0 Å². The summed E-state index contributed by atoms with van der Waals surface area (Å²) in [4.78, 5) is 9.84. The van der Waals surface area contributed by atoms with Crippen molar-refractivity contribution in [2.75, 3.05) is 0 Å². The van der Waals surface area contributed by atoms with Gasteiger partial charge in [-0.05, 0) is 6.42 Å². The molecule has 10 heavy (non-hydrogen) atoms. The Morgan fingerprint density at radius 1 is 1.60 bits per heavy atom. The molecule has 3 nitrogen and oxygen atoms in total. The fourth-order valence-corrected chi connectivity index (χ4v) is 0.397. The lowest BCUT2D eigenvalue weighted by Crippen LogP contribution is -2.18. The minimum absolute atomic E-state index is 0.343. The van der Waals surface area contributed by atoms with Crippen molar-refractivity contribution in [1.82, 2.24) is 0 Å². The summed E-state index contributed by atoms with van der Waals surface area (Å²) in [6, 6.07) is 0. The summed E-state index contributed by atoms with van der Waals surface area (Å²) in [5.74, 6) is -1.13. The lowest BCUT2D eigenvalue weighted by atomic mass is 10.2. The Balaban J connectivity index is 0. The number of aliphatic carboxylic acids is 1. The Morgan fingerprint density at radius 2 is 2.00 bits per heavy atom. The molecule has 3 heteroatoms. The smallest absolute Gasteiger partial charge is 0.332 e. The lowest BCUT2D eigenvalue weighted by Gasteiger charge is -1.99. The molecule has 0 aliphatic rings. The van der Waals surface area contributed by atoms with Crippen LogP contribution < -0.4 is 0 Å². The van der Waals surface area contributed by atoms with Crippen molar-refractivity contribution in [3.63, 3.8) is 0 Å². The highest BCUT2D eigenvalue weighted by Crippen LogP contribution is 1.93. The standard InChI is InChI=1S/C5H10O3.C2H4/c1-2-3-4(6)5(7)8;1-2/h4,6H,2-3H2,1H3,(H,7,8);1-2H2. The van der Waals surface area contributed by atoms with Crippen LogP contribution in [0.2, 0.25) is 0 Å². The van der Waals surface area contributed by atoms with Crippen molar-refractivity contribution in [1.29, 1.82) is 0 Å². The van der Waals surface area contributed by atoms with Crippen molar-refractivity contribution in [2.24, 2.45) is 0 Å².